The van der Waals surface area contributed by atoms with Crippen LogP contribution < -0.4 is 0 Å². The van der Waals surface area contributed by atoms with Crippen molar-refractivity contribution in [3.05, 3.63) is 27.9 Å². The van der Waals surface area contributed by atoms with Crippen molar-refractivity contribution in [3.8, 4) is 0 Å². The van der Waals surface area contributed by atoms with E-state index < -0.39 is 21.0 Å². The third-order valence-corrected chi connectivity index (χ3v) is 7.18. The number of hydrogen-bond donors (Lipinski definition) is 1. The highest BCUT2D eigenvalue weighted by atomic mass is 79.9. The van der Waals surface area contributed by atoms with Crippen LogP contribution >= 0.6 is 95.6 Å². The topological polar surface area (TPSA) is 115 Å². The number of aromatic nitrogens is 4. The van der Waals surface area contributed by atoms with Crippen molar-refractivity contribution < 1.29 is 28.5 Å². The van der Waals surface area contributed by atoms with Crippen LogP contribution in [-0.4, -0.2) is 35.8 Å². The van der Waals surface area contributed by atoms with Crippen molar-refractivity contribution in [1.82, 2.24) is 18.9 Å². The van der Waals surface area contributed by atoms with Gasteiger partial charge < -0.3 is 4.98 Å². The van der Waals surface area contributed by atoms with Crippen LogP contribution in [0.25, 0.3) is 0 Å². The van der Waals surface area contributed by atoms with E-state index in [1.54, 1.807) is 0 Å². The van der Waals surface area contributed by atoms with Crippen LogP contribution in [0.1, 0.15) is 0 Å². The Bertz CT molecular complexity index is 918. The fourth-order valence-electron chi connectivity index (χ4n) is 0.828. The number of nitrogens with zero attached hydrogens (tertiary/aromatic N) is 3. The highest BCUT2D eigenvalue weighted by Gasteiger charge is 2.21. The molecule has 144 valence electrons. The summed E-state index contributed by atoms with van der Waals surface area (Å²) in [6.45, 7) is 0. The maximum atomic E-state index is 12.5. The number of aromatic amines is 1. The van der Waals surface area contributed by atoms with E-state index in [2.05, 4.69) is 111 Å². The Hall–Kier alpha value is 0.990. The summed E-state index contributed by atoms with van der Waals surface area (Å²) in [6, 6.07) is 0. The lowest BCUT2D eigenvalue weighted by Gasteiger charge is -1.96. The van der Waals surface area contributed by atoms with Gasteiger partial charge in [0, 0.05) is 0 Å². The predicted octanol–water partition coefficient (Wildman–Crippen LogP) is 5.10. The Balaban J connectivity index is 0.000000382. The normalized spacial score (nSPS) is 11.2. The molecule has 1 N–H and O–H groups in total. The molecule has 0 aromatic carbocycles. The number of nitrogens with one attached hydrogen (secondary N) is 1. The summed E-state index contributed by atoms with van der Waals surface area (Å²) in [5.41, 5.74) is 0. The molecule has 19 heteroatoms. The molecule has 25 heavy (non-hydrogen) atoms. The van der Waals surface area contributed by atoms with E-state index in [1.165, 1.54) is 0 Å². The van der Waals surface area contributed by atoms with Crippen molar-refractivity contribution in [2.75, 3.05) is 0 Å². The van der Waals surface area contributed by atoms with Crippen molar-refractivity contribution in [2.45, 2.75) is 0 Å². The molecule has 0 atom stereocenters. The SMILES string of the molecule is Brc1nc(Br)c(Br)[nH]1.O=S(=O)(F)F.O=S(=O)(F)n1c(Br)nc(Br)c1Br. The van der Waals surface area contributed by atoms with E-state index in [0.717, 1.165) is 13.9 Å². The first kappa shape index (κ1) is 26.0. The molecule has 0 radical (unpaired) electrons. The van der Waals surface area contributed by atoms with Gasteiger partial charge in [0.15, 0.2) is 9.47 Å². The molecule has 0 bridgehead atoms. The third kappa shape index (κ3) is 10.8. The van der Waals surface area contributed by atoms with Gasteiger partial charge in [0.25, 0.3) is 0 Å². The van der Waals surface area contributed by atoms with E-state index >= 15 is 0 Å². The number of imidazole rings is 2. The van der Waals surface area contributed by atoms with Gasteiger partial charge in [0.05, 0.1) is 0 Å². The molecule has 2 aromatic heterocycles. The van der Waals surface area contributed by atoms with Crippen LogP contribution in [0.5, 0.6) is 0 Å². The summed E-state index contributed by atoms with van der Waals surface area (Å²) in [6.07, 6.45) is 0. The molecule has 0 aliphatic carbocycles. The quantitative estimate of drug-likeness (QED) is 0.403. The first-order chi connectivity index (χ1) is 11.0. The third-order valence-electron chi connectivity index (χ3n) is 1.51. The second-order valence-electron chi connectivity index (χ2n) is 3.18. The lowest BCUT2D eigenvalue weighted by atomic mass is 11.0. The van der Waals surface area contributed by atoms with Crippen LogP contribution in [-0.2, 0) is 21.0 Å². The van der Waals surface area contributed by atoms with E-state index in [9.17, 15) is 20.1 Å². The molecule has 0 saturated heterocycles. The van der Waals surface area contributed by atoms with Crippen molar-refractivity contribution in [3.63, 3.8) is 0 Å². The number of halogens is 9. The minimum atomic E-state index is -5.67. The van der Waals surface area contributed by atoms with Gasteiger partial charge in [-0.2, -0.15) is 20.8 Å². The molecular formula is C6HBr6F3N4O4S2. The second kappa shape index (κ2) is 10.5. The molecular weight excluding hydrogens is 793 g/mol. The molecule has 0 aliphatic heterocycles. The van der Waals surface area contributed by atoms with Crippen LogP contribution in [0.3, 0.4) is 0 Å². The summed E-state index contributed by atoms with van der Waals surface area (Å²) in [5.74, 6) is 0. The standard InChI is InChI=1S/C3Br3FN2O2S.C3HBr3N2.F2O2S/c4-1-2(5)9(3(6)8-1)12(7,10)11;4-1-2(5)8-3(6)7-1;1-5(2,3)4/h;(H,7,8);. The van der Waals surface area contributed by atoms with Gasteiger partial charge in [-0.15, -0.1) is 0 Å². The maximum absolute atomic E-state index is 12.5. The molecule has 0 spiro atoms. The zero-order chi connectivity index (χ0) is 20.2. The Morgan fingerprint density at radius 3 is 1.40 bits per heavy atom. The predicted molar refractivity (Wildman–Crippen MR) is 104 cm³/mol. The number of rotatable bonds is 1. The van der Waals surface area contributed by atoms with Gasteiger partial charge in [-0.3, -0.25) is 0 Å². The fourth-order valence-corrected chi connectivity index (χ4v) is 5.35. The number of H-pyrrole nitrogens is 1. The highest BCUT2D eigenvalue weighted by molar-refractivity contribution is 9.13. The molecule has 0 unspecified atom stereocenters. The van der Waals surface area contributed by atoms with Crippen LogP contribution in [0.2, 0.25) is 0 Å². The molecule has 0 fully saturated rings. The van der Waals surface area contributed by atoms with Crippen LogP contribution in [0, 0.1) is 0 Å². The average Bonchev–Trinajstić information content (AvgIpc) is 2.76. The molecule has 2 heterocycles. The van der Waals surface area contributed by atoms with E-state index in [-0.39, 0.29) is 13.9 Å². The molecule has 8 nitrogen and oxygen atoms in total. The van der Waals surface area contributed by atoms with Gasteiger partial charge in [-0.1, -0.05) is 11.7 Å². The second-order valence-corrected chi connectivity index (χ2v) is 9.63. The number of hydrogen-bond acceptors (Lipinski definition) is 6. The zero-order valence-corrected chi connectivity index (χ0v) is 21.8. The minimum absolute atomic E-state index is 0.00289. The molecule has 0 aliphatic rings. The van der Waals surface area contributed by atoms with Gasteiger partial charge in [-0.25, -0.2) is 9.97 Å². The molecule has 2 aromatic rings. The highest BCUT2D eigenvalue weighted by Crippen LogP contribution is 2.28. The molecule has 0 amide bonds. The summed E-state index contributed by atoms with van der Waals surface area (Å²) in [7, 11) is -10.5. The molecule has 0 saturated carbocycles. The van der Waals surface area contributed by atoms with Crippen molar-refractivity contribution in [1.29, 1.82) is 0 Å². The lowest BCUT2D eigenvalue weighted by Crippen LogP contribution is -2.06. The van der Waals surface area contributed by atoms with Crippen LogP contribution in [0.15, 0.2) is 27.9 Å². The van der Waals surface area contributed by atoms with E-state index in [4.69, 9.17) is 8.42 Å². The Kier molecular flexibility index (Phi) is 10.9. The summed E-state index contributed by atoms with van der Waals surface area (Å²) < 4.78 is 72.8. The van der Waals surface area contributed by atoms with Crippen molar-refractivity contribution >= 4 is 117 Å². The summed E-state index contributed by atoms with van der Waals surface area (Å²) >= 11 is 18.1. The first-order valence-corrected chi connectivity index (χ1v) is 12.2. The van der Waals surface area contributed by atoms with Gasteiger partial charge >= 0.3 is 21.0 Å². The fraction of sp³-hybridized carbons (Fsp3) is 0. The van der Waals surface area contributed by atoms with Gasteiger partial charge in [0.1, 0.15) is 18.4 Å². The van der Waals surface area contributed by atoms with E-state index in [1.807, 2.05) is 0 Å². The van der Waals surface area contributed by atoms with Gasteiger partial charge in [-0.05, 0) is 95.6 Å². The Labute approximate surface area is 190 Å². The van der Waals surface area contributed by atoms with E-state index in [0.29, 0.717) is 3.97 Å². The Morgan fingerprint density at radius 2 is 1.28 bits per heavy atom. The van der Waals surface area contributed by atoms with Crippen LogP contribution in [0.4, 0.5) is 11.7 Å². The Morgan fingerprint density at radius 1 is 0.840 bits per heavy atom. The maximum Gasteiger partial charge on any atom is 0.476 e. The smallest absolute Gasteiger partial charge is 0.326 e. The summed E-state index contributed by atoms with van der Waals surface area (Å²) in [5, 5.41) is 0. The minimum Gasteiger partial charge on any atom is -0.326 e. The monoisotopic (exact) mass is 787 g/mol. The first-order valence-electron chi connectivity index (χ1n) is 4.79. The lowest BCUT2D eigenvalue weighted by molar-refractivity contribution is 0.501. The summed E-state index contributed by atoms with van der Waals surface area (Å²) in [4.78, 5) is 10.4. The van der Waals surface area contributed by atoms with Gasteiger partial charge in [0.2, 0.25) is 0 Å². The molecule has 2 rings (SSSR count). The van der Waals surface area contributed by atoms with Crippen molar-refractivity contribution in [2.24, 2.45) is 0 Å². The largest absolute Gasteiger partial charge is 0.476 e. The average molecular weight is 794 g/mol. The zero-order valence-electron chi connectivity index (χ0n) is 10.7.